The number of carboxylic acid groups (broad SMARTS) is 1. The summed E-state index contributed by atoms with van der Waals surface area (Å²) in [6.45, 7) is 3.53. The van der Waals surface area contributed by atoms with E-state index in [-0.39, 0.29) is 18.4 Å². The van der Waals surface area contributed by atoms with Gasteiger partial charge in [-0.2, -0.15) is 0 Å². The average Bonchev–Trinajstić information content (AvgIpc) is 2.61. The Balaban J connectivity index is 2.70. The van der Waals surface area contributed by atoms with Crippen LogP contribution >= 0.6 is 11.3 Å². The Morgan fingerprint density at radius 3 is 2.69 bits per heavy atom. The molecule has 0 aliphatic rings. The van der Waals surface area contributed by atoms with Crippen LogP contribution in [0.15, 0.2) is 6.20 Å². The maximum Gasteiger partial charge on any atom is 0.305 e. The summed E-state index contributed by atoms with van der Waals surface area (Å²) in [5.74, 6) is -1.09. The number of aliphatic carboxylic acids is 1. The number of amides is 1. The zero-order valence-corrected chi connectivity index (χ0v) is 10.2. The zero-order valence-electron chi connectivity index (χ0n) is 9.43. The lowest BCUT2D eigenvalue weighted by Gasteiger charge is -2.22. The second-order valence-electron chi connectivity index (χ2n) is 3.61. The van der Waals surface area contributed by atoms with Crippen LogP contribution < -0.4 is 0 Å². The molecule has 1 aromatic rings. The van der Waals surface area contributed by atoms with Gasteiger partial charge in [0.25, 0.3) is 5.91 Å². The van der Waals surface area contributed by atoms with Gasteiger partial charge in [-0.25, -0.2) is 4.98 Å². The Labute approximate surface area is 97.7 Å². The number of carbonyl (C=O) groups excluding carboxylic acids is 1. The third-order valence-electron chi connectivity index (χ3n) is 2.28. The Kier molecular flexibility index (Phi) is 4.00. The number of aryl methyl sites for hydroxylation is 1. The predicted octanol–water partition coefficient (Wildman–Crippen LogP) is 1.39. The largest absolute Gasteiger partial charge is 0.481 e. The molecule has 0 saturated carbocycles. The van der Waals surface area contributed by atoms with Gasteiger partial charge in [-0.15, -0.1) is 11.3 Å². The Morgan fingerprint density at radius 1 is 1.62 bits per heavy atom. The maximum atomic E-state index is 11.9. The zero-order chi connectivity index (χ0) is 12.3. The molecule has 0 aromatic carbocycles. The number of thiazole rings is 1. The Bertz CT molecular complexity index is 403. The lowest BCUT2D eigenvalue weighted by atomic mass is 10.2. The van der Waals surface area contributed by atoms with Crippen molar-refractivity contribution in [3.63, 3.8) is 0 Å². The molecule has 1 unspecified atom stereocenters. The van der Waals surface area contributed by atoms with Crippen LogP contribution in [0.1, 0.15) is 28.0 Å². The minimum absolute atomic E-state index is 0.0555. The molecule has 0 bridgehead atoms. The number of rotatable bonds is 4. The van der Waals surface area contributed by atoms with E-state index in [1.54, 1.807) is 14.0 Å². The highest BCUT2D eigenvalue weighted by Gasteiger charge is 2.20. The fourth-order valence-electron chi connectivity index (χ4n) is 1.22. The van der Waals surface area contributed by atoms with Gasteiger partial charge in [0.1, 0.15) is 4.88 Å². The predicted molar refractivity (Wildman–Crippen MR) is 60.7 cm³/mol. The van der Waals surface area contributed by atoms with E-state index < -0.39 is 5.97 Å². The number of hydrogen-bond donors (Lipinski definition) is 1. The fraction of sp³-hybridized carbons (Fsp3) is 0.500. The van der Waals surface area contributed by atoms with Gasteiger partial charge in [0, 0.05) is 13.1 Å². The van der Waals surface area contributed by atoms with E-state index in [0.717, 1.165) is 5.01 Å². The molecular weight excluding hydrogens is 228 g/mol. The van der Waals surface area contributed by atoms with Crippen LogP contribution in [0.5, 0.6) is 0 Å². The molecule has 1 atom stereocenters. The lowest BCUT2D eigenvalue weighted by Crippen LogP contribution is -2.36. The molecule has 16 heavy (non-hydrogen) atoms. The van der Waals surface area contributed by atoms with E-state index in [1.165, 1.54) is 22.4 Å². The van der Waals surface area contributed by atoms with Crippen molar-refractivity contribution in [1.82, 2.24) is 9.88 Å². The molecule has 0 saturated heterocycles. The molecule has 1 aromatic heterocycles. The molecule has 0 spiro atoms. The van der Waals surface area contributed by atoms with E-state index in [9.17, 15) is 9.59 Å². The molecule has 1 N–H and O–H groups in total. The molecular formula is C10H14N2O3S. The highest BCUT2D eigenvalue weighted by Crippen LogP contribution is 2.15. The summed E-state index contributed by atoms with van der Waals surface area (Å²) >= 11 is 1.31. The molecule has 1 amide bonds. The van der Waals surface area contributed by atoms with Gasteiger partial charge in [-0.3, -0.25) is 9.59 Å². The van der Waals surface area contributed by atoms with Gasteiger partial charge >= 0.3 is 5.97 Å². The van der Waals surface area contributed by atoms with Gasteiger partial charge in [0.05, 0.1) is 17.6 Å². The summed E-state index contributed by atoms with van der Waals surface area (Å²) < 4.78 is 0. The SMILES string of the molecule is Cc1ncc(C(=O)N(C)C(C)CC(=O)O)s1. The molecule has 0 fully saturated rings. The summed E-state index contributed by atoms with van der Waals surface area (Å²) in [5, 5.41) is 9.46. The highest BCUT2D eigenvalue weighted by molar-refractivity contribution is 7.13. The third kappa shape index (κ3) is 3.03. The van der Waals surface area contributed by atoms with Crippen molar-refractivity contribution >= 4 is 23.2 Å². The molecule has 1 heterocycles. The summed E-state index contributed by atoms with van der Waals surface area (Å²) in [6, 6.07) is -0.326. The average molecular weight is 242 g/mol. The van der Waals surface area contributed by atoms with Crippen molar-refractivity contribution in [2.75, 3.05) is 7.05 Å². The van der Waals surface area contributed by atoms with E-state index in [0.29, 0.717) is 4.88 Å². The second-order valence-corrected chi connectivity index (χ2v) is 4.84. The van der Waals surface area contributed by atoms with Gasteiger partial charge < -0.3 is 10.0 Å². The normalized spacial score (nSPS) is 12.2. The van der Waals surface area contributed by atoms with Crippen LogP contribution in [0.25, 0.3) is 0 Å². The molecule has 0 radical (unpaired) electrons. The van der Waals surface area contributed by atoms with Crippen LogP contribution in [-0.4, -0.2) is 40.0 Å². The Hall–Kier alpha value is -1.43. The van der Waals surface area contributed by atoms with Gasteiger partial charge in [0.15, 0.2) is 0 Å². The van der Waals surface area contributed by atoms with Gasteiger partial charge in [-0.1, -0.05) is 0 Å². The second kappa shape index (κ2) is 5.07. The van der Waals surface area contributed by atoms with E-state index in [2.05, 4.69) is 4.98 Å². The van der Waals surface area contributed by atoms with Crippen LogP contribution in [0.3, 0.4) is 0 Å². The topological polar surface area (TPSA) is 70.5 Å². The minimum atomic E-state index is -0.910. The van der Waals surface area contributed by atoms with Crippen molar-refractivity contribution in [2.45, 2.75) is 26.3 Å². The van der Waals surface area contributed by atoms with Crippen molar-refractivity contribution in [3.8, 4) is 0 Å². The van der Waals surface area contributed by atoms with Crippen molar-refractivity contribution < 1.29 is 14.7 Å². The fourth-order valence-corrected chi connectivity index (χ4v) is 1.98. The van der Waals surface area contributed by atoms with Crippen molar-refractivity contribution in [2.24, 2.45) is 0 Å². The lowest BCUT2D eigenvalue weighted by molar-refractivity contribution is -0.137. The van der Waals surface area contributed by atoms with Crippen molar-refractivity contribution in [1.29, 1.82) is 0 Å². The smallest absolute Gasteiger partial charge is 0.305 e. The maximum absolute atomic E-state index is 11.9. The van der Waals surface area contributed by atoms with E-state index in [1.807, 2.05) is 6.92 Å². The van der Waals surface area contributed by atoms with Crippen LogP contribution in [-0.2, 0) is 4.79 Å². The third-order valence-corrected chi connectivity index (χ3v) is 3.18. The summed E-state index contributed by atoms with van der Waals surface area (Å²) in [5.41, 5.74) is 0. The number of carboxylic acids is 1. The molecule has 6 heteroatoms. The molecule has 0 aliphatic heterocycles. The molecule has 1 rings (SSSR count). The number of aromatic nitrogens is 1. The number of carbonyl (C=O) groups is 2. The first kappa shape index (κ1) is 12.6. The van der Waals surface area contributed by atoms with Gasteiger partial charge in [0.2, 0.25) is 0 Å². The Morgan fingerprint density at radius 2 is 2.25 bits per heavy atom. The molecule has 5 nitrogen and oxygen atoms in total. The number of hydrogen-bond acceptors (Lipinski definition) is 4. The summed E-state index contributed by atoms with van der Waals surface area (Å²) in [6.07, 6.45) is 1.46. The van der Waals surface area contributed by atoms with Crippen LogP contribution in [0, 0.1) is 6.92 Å². The monoisotopic (exact) mass is 242 g/mol. The number of nitrogens with zero attached hydrogens (tertiary/aromatic N) is 2. The quantitative estimate of drug-likeness (QED) is 0.866. The van der Waals surface area contributed by atoms with Gasteiger partial charge in [-0.05, 0) is 13.8 Å². The van der Waals surface area contributed by atoms with E-state index in [4.69, 9.17) is 5.11 Å². The summed E-state index contributed by atoms with van der Waals surface area (Å²) in [7, 11) is 1.60. The molecule has 0 aliphatic carbocycles. The van der Waals surface area contributed by atoms with Crippen molar-refractivity contribution in [3.05, 3.63) is 16.1 Å². The van der Waals surface area contributed by atoms with Crippen LogP contribution in [0.2, 0.25) is 0 Å². The first-order chi connectivity index (χ1) is 7.41. The van der Waals surface area contributed by atoms with Crippen LogP contribution in [0.4, 0.5) is 0 Å². The summed E-state index contributed by atoms with van der Waals surface area (Å²) in [4.78, 5) is 28.4. The van der Waals surface area contributed by atoms with E-state index >= 15 is 0 Å². The highest BCUT2D eigenvalue weighted by atomic mass is 32.1. The standard InChI is InChI=1S/C10H14N2O3S/c1-6(4-9(13)14)12(3)10(15)8-5-11-7(2)16-8/h5-6H,4H2,1-3H3,(H,13,14). The first-order valence-corrected chi connectivity index (χ1v) is 5.65. The minimum Gasteiger partial charge on any atom is -0.481 e. The first-order valence-electron chi connectivity index (χ1n) is 4.83. The molecule has 88 valence electrons.